The van der Waals surface area contributed by atoms with Gasteiger partial charge in [-0.2, -0.15) is 0 Å². The first-order valence-corrected chi connectivity index (χ1v) is 12.8. The molecule has 2 unspecified atom stereocenters. The maximum absolute atomic E-state index is 13.2. The number of aliphatic hydroxyl groups excluding tert-OH is 1. The lowest BCUT2D eigenvalue weighted by molar-refractivity contribution is -0.150. The Morgan fingerprint density at radius 3 is 2.22 bits per heavy atom. The van der Waals surface area contributed by atoms with Crippen molar-refractivity contribution in [2.24, 2.45) is 10.8 Å². The van der Waals surface area contributed by atoms with Crippen LogP contribution in [0.1, 0.15) is 64.7 Å². The summed E-state index contributed by atoms with van der Waals surface area (Å²) in [6.07, 6.45) is 1.50. The zero-order valence-corrected chi connectivity index (χ0v) is 22.4. The van der Waals surface area contributed by atoms with Crippen LogP contribution in [-0.2, 0) is 11.3 Å². The number of nitrogens with zero attached hydrogens (tertiary/aromatic N) is 1. The SMILES string of the molecule is COc1cc2c3c(c4ccc(OC(=O)C(C)(C)C(C)(C)C)cc4c2cc1OC)C(O)C1CCCN1C3. The molecule has 0 bridgehead atoms. The van der Waals surface area contributed by atoms with E-state index < -0.39 is 11.5 Å². The topological polar surface area (TPSA) is 68.2 Å². The second-order valence-electron chi connectivity index (χ2n) is 11.7. The first-order valence-electron chi connectivity index (χ1n) is 12.8. The Kier molecular flexibility index (Phi) is 5.96. The number of hydrogen-bond acceptors (Lipinski definition) is 6. The average molecular weight is 492 g/mol. The summed E-state index contributed by atoms with van der Waals surface area (Å²) in [4.78, 5) is 15.6. The lowest BCUT2D eigenvalue weighted by atomic mass is 9.69. The van der Waals surface area contributed by atoms with Gasteiger partial charge in [0.2, 0.25) is 0 Å². The molecule has 2 atom stereocenters. The van der Waals surface area contributed by atoms with Crippen molar-refractivity contribution >= 4 is 27.5 Å². The highest BCUT2D eigenvalue weighted by molar-refractivity contribution is 6.12. The van der Waals surface area contributed by atoms with Crippen LogP contribution in [0.4, 0.5) is 0 Å². The molecule has 36 heavy (non-hydrogen) atoms. The zero-order valence-electron chi connectivity index (χ0n) is 22.4. The van der Waals surface area contributed by atoms with Crippen molar-refractivity contribution in [1.29, 1.82) is 0 Å². The molecular weight excluding hydrogens is 454 g/mol. The molecule has 1 saturated heterocycles. The Bertz CT molecular complexity index is 1350. The molecule has 0 aromatic heterocycles. The van der Waals surface area contributed by atoms with Crippen LogP contribution in [0.15, 0.2) is 30.3 Å². The molecule has 6 heteroatoms. The van der Waals surface area contributed by atoms with E-state index in [1.54, 1.807) is 14.2 Å². The number of benzene rings is 3. The van der Waals surface area contributed by atoms with E-state index in [1.165, 1.54) is 0 Å². The number of fused-ring (bicyclic) bond motifs is 7. The van der Waals surface area contributed by atoms with E-state index in [9.17, 15) is 9.90 Å². The predicted molar refractivity (Wildman–Crippen MR) is 142 cm³/mol. The first kappa shape index (κ1) is 24.8. The maximum Gasteiger partial charge on any atom is 0.317 e. The highest BCUT2D eigenvalue weighted by Gasteiger charge is 2.42. The molecule has 1 fully saturated rings. The molecule has 0 aliphatic carbocycles. The summed E-state index contributed by atoms with van der Waals surface area (Å²) in [5.41, 5.74) is 1.18. The third-order valence-corrected chi connectivity index (χ3v) is 8.78. The molecule has 2 aliphatic rings. The van der Waals surface area contributed by atoms with E-state index in [4.69, 9.17) is 14.2 Å². The summed E-state index contributed by atoms with van der Waals surface area (Å²) in [7, 11) is 3.27. The smallest absolute Gasteiger partial charge is 0.317 e. The molecule has 2 aliphatic heterocycles. The summed E-state index contributed by atoms with van der Waals surface area (Å²) in [6, 6.07) is 9.89. The van der Waals surface area contributed by atoms with E-state index in [-0.39, 0.29) is 17.4 Å². The van der Waals surface area contributed by atoms with Gasteiger partial charge in [0.25, 0.3) is 0 Å². The van der Waals surface area contributed by atoms with E-state index in [1.807, 2.05) is 65.0 Å². The minimum atomic E-state index is -0.668. The van der Waals surface area contributed by atoms with Gasteiger partial charge in [0.15, 0.2) is 11.5 Å². The molecule has 0 radical (unpaired) electrons. The van der Waals surface area contributed by atoms with Crippen molar-refractivity contribution in [3.8, 4) is 17.2 Å². The van der Waals surface area contributed by atoms with Crippen LogP contribution >= 0.6 is 0 Å². The molecular formula is C30H37NO5. The number of hydrogen-bond donors (Lipinski definition) is 1. The number of carbonyl (C=O) groups excluding carboxylic acids is 1. The quantitative estimate of drug-likeness (QED) is 0.274. The van der Waals surface area contributed by atoms with Crippen LogP contribution in [-0.4, -0.2) is 42.8 Å². The van der Waals surface area contributed by atoms with Gasteiger partial charge in [-0.1, -0.05) is 26.8 Å². The number of esters is 1. The fourth-order valence-electron chi connectivity index (χ4n) is 5.55. The molecule has 0 spiro atoms. The van der Waals surface area contributed by atoms with Gasteiger partial charge in [-0.15, -0.1) is 0 Å². The Balaban J connectivity index is 1.73. The Hall–Kier alpha value is -2.83. The van der Waals surface area contributed by atoms with Crippen molar-refractivity contribution in [2.75, 3.05) is 20.8 Å². The third-order valence-electron chi connectivity index (χ3n) is 8.78. The molecule has 2 heterocycles. The van der Waals surface area contributed by atoms with E-state index in [0.717, 1.165) is 58.6 Å². The van der Waals surface area contributed by atoms with Crippen LogP contribution in [0.3, 0.4) is 0 Å². The number of aliphatic hydroxyl groups is 1. The van der Waals surface area contributed by atoms with Gasteiger partial charge in [0.05, 0.1) is 25.7 Å². The van der Waals surface area contributed by atoms with Crippen molar-refractivity contribution in [1.82, 2.24) is 4.90 Å². The monoisotopic (exact) mass is 491 g/mol. The second kappa shape index (κ2) is 8.63. The molecule has 0 saturated carbocycles. The molecule has 1 N–H and O–H groups in total. The second-order valence-corrected chi connectivity index (χ2v) is 11.7. The first-order chi connectivity index (χ1) is 17.0. The van der Waals surface area contributed by atoms with Gasteiger partial charge in [-0.3, -0.25) is 9.69 Å². The maximum atomic E-state index is 13.2. The Morgan fingerprint density at radius 2 is 1.58 bits per heavy atom. The Morgan fingerprint density at radius 1 is 0.944 bits per heavy atom. The largest absolute Gasteiger partial charge is 0.493 e. The minimum Gasteiger partial charge on any atom is -0.493 e. The molecule has 0 amide bonds. The van der Waals surface area contributed by atoms with Crippen LogP contribution in [0, 0.1) is 10.8 Å². The summed E-state index contributed by atoms with van der Waals surface area (Å²) >= 11 is 0. The standard InChI is InChI=1S/C30H37NO5/c1-29(2,3)30(4,5)28(33)36-17-10-11-18-19(13-17)20-14-24(34-6)25(35-7)15-21(20)22-16-31-12-8-9-23(31)27(32)26(18)22/h10-11,13-15,23,27,32H,8-9,12,16H2,1-7H3. The summed E-state index contributed by atoms with van der Waals surface area (Å²) in [5, 5.41) is 15.5. The fourth-order valence-corrected chi connectivity index (χ4v) is 5.55. The van der Waals surface area contributed by atoms with Gasteiger partial charge in [-0.05, 0) is 95.6 Å². The predicted octanol–water partition coefficient (Wildman–Crippen LogP) is 6.00. The number of rotatable bonds is 4. The van der Waals surface area contributed by atoms with Crippen LogP contribution in [0.25, 0.3) is 21.5 Å². The van der Waals surface area contributed by atoms with Gasteiger partial charge >= 0.3 is 5.97 Å². The van der Waals surface area contributed by atoms with Gasteiger partial charge in [0.1, 0.15) is 5.75 Å². The summed E-state index contributed by atoms with van der Waals surface area (Å²) < 4.78 is 17.2. The number of carbonyl (C=O) groups is 1. The van der Waals surface area contributed by atoms with Crippen molar-refractivity contribution in [3.05, 3.63) is 41.5 Å². The van der Waals surface area contributed by atoms with Gasteiger partial charge < -0.3 is 19.3 Å². The van der Waals surface area contributed by atoms with Gasteiger partial charge in [-0.25, -0.2) is 0 Å². The normalized spacial score (nSPS) is 20.3. The summed E-state index contributed by atoms with van der Waals surface area (Å²) in [6.45, 7) is 11.7. The molecule has 3 aromatic rings. The lowest BCUT2D eigenvalue weighted by Crippen LogP contribution is -2.40. The Labute approximate surface area is 213 Å². The number of ether oxygens (including phenoxy) is 3. The molecule has 3 aromatic carbocycles. The third kappa shape index (κ3) is 3.73. The number of methoxy groups -OCH3 is 2. The van der Waals surface area contributed by atoms with E-state index >= 15 is 0 Å². The highest BCUT2D eigenvalue weighted by Crippen LogP contribution is 2.48. The minimum absolute atomic E-state index is 0.128. The van der Waals surface area contributed by atoms with Crippen molar-refractivity contribution < 1.29 is 24.1 Å². The van der Waals surface area contributed by atoms with Crippen molar-refractivity contribution in [3.63, 3.8) is 0 Å². The average Bonchev–Trinajstić information content (AvgIpc) is 3.31. The van der Waals surface area contributed by atoms with Gasteiger partial charge in [0, 0.05) is 12.6 Å². The molecule has 6 nitrogen and oxygen atoms in total. The van der Waals surface area contributed by atoms with E-state index in [0.29, 0.717) is 17.2 Å². The van der Waals surface area contributed by atoms with Crippen LogP contribution < -0.4 is 14.2 Å². The van der Waals surface area contributed by atoms with Crippen molar-refractivity contribution in [2.45, 2.75) is 66.2 Å². The summed E-state index contributed by atoms with van der Waals surface area (Å²) in [5.74, 6) is 1.52. The molecule has 5 rings (SSSR count). The fraction of sp³-hybridized carbons (Fsp3) is 0.500. The van der Waals surface area contributed by atoms with Crippen LogP contribution in [0.2, 0.25) is 0 Å². The highest BCUT2D eigenvalue weighted by atomic mass is 16.5. The zero-order chi connectivity index (χ0) is 26.0. The molecule has 192 valence electrons. The van der Waals surface area contributed by atoms with E-state index in [2.05, 4.69) is 4.90 Å². The lowest BCUT2D eigenvalue weighted by Gasteiger charge is -2.37. The van der Waals surface area contributed by atoms with Crippen LogP contribution in [0.5, 0.6) is 17.2 Å².